The molecule has 0 spiro atoms. The van der Waals surface area contributed by atoms with Gasteiger partial charge in [0.1, 0.15) is 11.3 Å². The van der Waals surface area contributed by atoms with Crippen LogP contribution in [0.25, 0.3) is 0 Å². The number of halogens is 5. The van der Waals surface area contributed by atoms with Crippen LogP contribution in [0.3, 0.4) is 0 Å². The molecule has 2 aliphatic carbocycles. The molecule has 0 saturated heterocycles. The normalized spacial score (nSPS) is 19.6. The molecule has 0 aliphatic heterocycles. The molecule has 12 heteroatoms. The molecular weight excluding hydrogens is 467 g/mol. The topological polar surface area (TPSA) is 71.0 Å². The zero-order valence-corrected chi connectivity index (χ0v) is 18.9. The van der Waals surface area contributed by atoms with Crippen molar-refractivity contribution in [3.63, 3.8) is 0 Å². The van der Waals surface area contributed by atoms with Crippen molar-refractivity contribution in [3.05, 3.63) is 35.3 Å². The van der Waals surface area contributed by atoms with Crippen molar-refractivity contribution in [2.45, 2.75) is 68.6 Å². The summed E-state index contributed by atoms with van der Waals surface area (Å²) in [5, 5.41) is 16.7. The lowest BCUT2D eigenvalue weighted by molar-refractivity contribution is -0.932. The van der Waals surface area contributed by atoms with E-state index in [0.29, 0.717) is 17.9 Å². The van der Waals surface area contributed by atoms with Gasteiger partial charge >= 0.3 is 6.18 Å². The molecule has 6 nitrogen and oxygen atoms in total. The van der Waals surface area contributed by atoms with E-state index >= 15 is 0 Å². The summed E-state index contributed by atoms with van der Waals surface area (Å²) in [6.07, 6.45) is -1.03. The second-order valence-corrected chi connectivity index (χ2v) is 10.00. The number of alkyl halides is 5. The van der Waals surface area contributed by atoms with Crippen LogP contribution in [0.2, 0.25) is 0 Å². The maximum Gasteiger partial charge on any atom is 0.420 e. The van der Waals surface area contributed by atoms with Gasteiger partial charge in [0.05, 0.1) is 11.4 Å². The lowest BCUT2D eigenvalue weighted by Crippen LogP contribution is -2.47. The first-order valence-corrected chi connectivity index (χ1v) is 11.7. The number of aromatic nitrogens is 3. The number of rotatable bonds is 6. The third kappa shape index (κ3) is 4.67. The van der Waals surface area contributed by atoms with Gasteiger partial charge in [-0.05, 0) is 24.5 Å². The zero-order chi connectivity index (χ0) is 24.2. The minimum Gasteiger partial charge on any atom is -0.320 e. The quantitative estimate of drug-likeness (QED) is 0.255. The van der Waals surface area contributed by atoms with Crippen molar-refractivity contribution in [2.24, 2.45) is 5.41 Å². The van der Waals surface area contributed by atoms with Gasteiger partial charge in [0, 0.05) is 42.2 Å². The fourth-order valence-corrected chi connectivity index (χ4v) is 5.13. The second kappa shape index (κ2) is 8.14. The number of hydrogen-bond acceptors (Lipinski definition) is 4. The number of amides is 1. The average Bonchev–Trinajstić information content (AvgIpc) is 2.98. The number of thioether (sulfide) groups is 1. The molecule has 2 heterocycles. The average molecular weight is 492 g/mol. The summed E-state index contributed by atoms with van der Waals surface area (Å²) in [5.41, 5.74) is -2.75. The number of nitrogens with one attached hydrogen (secondary N) is 1. The Kier molecular flexibility index (Phi) is 5.86. The number of nitrogens with zero attached hydrogens (tertiary/aromatic N) is 3. The summed E-state index contributed by atoms with van der Waals surface area (Å²) >= 11 is 1.17. The van der Waals surface area contributed by atoms with Crippen molar-refractivity contribution >= 4 is 23.4 Å². The standard InChI is InChI=1S/C21H23F5N4O2S/c1-19(9-20(22,23)10-19)11-29-17(15(21(24,25)26)16(28-29)12-4-3-5-12)18(31)27-13-6-7-30(32)14(8-13)33-2/h6-8,12,32H,3-5,9-11H2,1-2H3/p+1. The minimum absolute atomic E-state index is 0.183. The first-order valence-electron chi connectivity index (χ1n) is 10.5. The number of carbonyl (C=O) groups is 1. The lowest BCUT2D eigenvalue weighted by Gasteiger charge is -2.44. The fraction of sp³-hybridized carbons (Fsp3) is 0.571. The van der Waals surface area contributed by atoms with Gasteiger partial charge in [0.15, 0.2) is 0 Å². The molecule has 1 amide bonds. The summed E-state index contributed by atoms with van der Waals surface area (Å²) in [6, 6.07) is 2.75. The van der Waals surface area contributed by atoms with E-state index in [-0.39, 0.29) is 17.9 Å². The van der Waals surface area contributed by atoms with Crippen LogP contribution < -0.4 is 10.0 Å². The van der Waals surface area contributed by atoms with Gasteiger partial charge in [0.2, 0.25) is 12.1 Å². The fourth-order valence-electron chi connectivity index (χ4n) is 4.64. The Balaban J connectivity index is 1.75. The molecule has 2 aromatic heterocycles. The Morgan fingerprint density at radius 1 is 1.36 bits per heavy atom. The van der Waals surface area contributed by atoms with Gasteiger partial charge in [-0.2, -0.15) is 18.3 Å². The molecule has 0 radical (unpaired) electrons. The highest BCUT2D eigenvalue weighted by molar-refractivity contribution is 7.98. The predicted molar refractivity (Wildman–Crippen MR) is 110 cm³/mol. The van der Waals surface area contributed by atoms with Gasteiger partial charge in [-0.1, -0.05) is 25.1 Å². The van der Waals surface area contributed by atoms with E-state index in [2.05, 4.69) is 10.4 Å². The van der Waals surface area contributed by atoms with Crippen molar-refractivity contribution in [1.82, 2.24) is 9.78 Å². The molecule has 4 rings (SSSR count). The first kappa shape index (κ1) is 23.8. The zero-order valence-electron chi connectivity index (χ0n) is 18.0. The van der Waals surface area contributed by atoms with Crippen LogP contribution >= 0.6 is 11.8 Å². The molecule has 0 aromatic carbocycles. The van der Waals surface area contributed by atoms with Crippen LogP contribution in [0.4, 0.5) is 27.6 Å². The monoisotopic (exact) mass is 491 g/mol. The molecule has 2 N–H and O–H groups in total. The lowest BCUT2D eigenvalue weighted by atomic mass is 9.67. The summed E-state index contributed by atoms with van der Waals surface area (Å²) in [4.78, 5) is 13.2. The molecule has 2 aromatic rings. The Morgan fingerprint density at radius 3 is 2.55 bits per heavy atom. The molecule has 0 unspecified atom stereocenters. The molecule has 180 valence electrons. The summed E-state index contributed by atoms with van der Waals surface area (Å²) in [5.74, 6) is -4.32. The van der Waals surface area contributed by atoms with Gasteiger partial charge in [-0.3, -0.25) is 14.7 Å². The van der Waals surface area contributed by atoms with Crippen LogP contribution in [0.1, 0.15) is 66.7 Å². The van der Waals surface area contributed by atoms with E-state index in [1.54, 1.807) is 13.2 Å². The maximum atomic E-state index is 14.2. The van der Waals surface area contributed by atoms with Crippen LogP contribution in [0.5, 0.6) is 0 Å². The highest BCUT2D eigenvalue weighted by Crippen LogP contribution is 2.53. The van der Waals surface area contributed by atoms with Crippen LogP contribution in [-0.4, -0.2) is 33.1 Å². The first-order chi connectivity index (χ1) is 15.3. The Bertz CT molecular complexity index is 1070. The molecular formula is C21H24F5N4O2S+. The van der Waals surface area contributed by atoms with E-state index in [9.17, 15) is 32.0 Å². The molecule has 0 bridgehead atoms. The third-order valence-electron chi connectivity index (χ3n) is 6.24. The van der Waals surface area contributed by atoms with Gasteiger partial charge in [0.25, 0.3) is 10.9 Å². The second-order valence-electron chi connectivity index (χ2n) is 9.17. The minimum atomic E-state index is -4.84. The Hall–Kier alpha value is -2.37. The number of carbonyl (C=O) groups excluding carboxylic acids is 1. The van der Waals surface area contributed by atoms with E-state index in [0.717, 1.165) is 15.8 Å². The van der Waals surface area contributed by atoms with Gasteiger partial charge in [-0.25, -0.2) is 8.78 Å². The number of hydrogen-bond donors (Lipinski definition) is 2. The van der Waals surface area contributed by atoms with Crippen molar-refractivity contribution in [2.75, 3.05) is 11.6 Å². The highest BCUT2D eigenvalue weighted by atomic mass is 32.2. The highest BCUT2D eigenvalue weighted by Gasteiger charge is 2.55. The number of anilines is 1. The largest absolute Gasteiger partial charge is 0.420 e. The smallest absolute Gasteiger partial charge is 0.320 e. The summed E-state index contributed by atoms with van der Waals surface area (Å²) < 4.78 is 71.4. The summed E-state index contributed by atoms with van der Waals surface area (Å²) in [7, 11) is 0. The van der Waals surface area contributed by atoms with Crippen LogP contribution in [0, 0.1) is 5.41 Å². The predicted octanol–water partition coefficient (Wildman–Crippen LogP) is 5.10. The van der Waals surface area contributed by atoms with Crippen molar-refractivity contribution in [1.29, 1.82) is 0 Å². The number of pyridine rings is 1. The molecule has 0 atom stereocenters. The third-order valence-corrected chi connectivity index (χ3v) is 6.96. The van der Waals surface area contributed by atoms with Crippen molar-refractivity contribution < 1.29 is 36.7 Å². The van der Waals surface area contributed by atoms with E-state index < -0.39 is 53.4 Å². The van der Waals surface area contributed by atoms with Gasteiger partial charge in [-0.15, -0.1) is 0 Å². The van der Waals surface area contributed by atoms with Crippen molar-refractivity contribution in [3.8, 4) is 0 Å². The SMILES string of the molecule is CSc1cc(NC(=O)c2c(C(F)(F)F)c(C3CCC3)nn2CC2(C)CC(F)(F)C2)cc[n+]1O. The summed E-state index contributed by atoms with van der Waals surface area (Å²) in [6.45, 7) is 1.34. The Morgan fingerprint density at radius 2 is 2.03 bits per heavy atom. The van der Waals surface area contributed by atoms with E-state index in [1.807, 2.05) is 0 Å². The Labute approximate surface area is 191 Å². The molecule has 2 aliphatic rings. The maximum absolute atomic E-state index is 14.2. The molecule has 33 heavy (non-hydrogen) atoms. The van der Waals surface area contributed by atoms with E-state index in [4.69, 9.17) is 0 Å². The molecule has 2 saturated carbocycles. The van der Waals surface area contributed by atoms with Gasteiger partial charge < -0.3 is 5.32 Å². The van der Waals surface area contributed by atoms with E-state index in [1.165, 1.54) is 30.1 Å². The van der Waals surface area contributed by atoms with Crippen LogP contribution in [0.15, 0.2) is 23.4 Å². The van der Waals surface area contributed by atoms with Crippen LogP contribution in [-0.2, 0) is 12.7 Å². The molecule has 2 fully saturated rings.